The van der Waals surface area contributed by atoms with Crippen molar-refractivity contribution in [3.8, 4) is 0 Å². The van der Waals surface area contributed by atoms with Gasteiger partial charge in [0.1, 0.15) is 5.38 Å². The first-order valence-electron chi connectivity index (χ1n) is 6.34. The van der Waals surface area contributed by atoms with Crippen LogP contribution < -0.4 is 10.6 Å². The summed E-state index contributed by atoms with van der Waals surface area (Å²) in [4.78, 5) is 34.1. The van der Waals surface area contributed by atoms with Gasteiger partial charge in [0, 0.05) is 18.7 Å². The Morgan fingerprint density at radius 1 is 1.24 bits per heavy atom. The fraction of sp³-hybridized carbons (Fsp3) is 0.357. The first-order chi connectivity index (χ1) is 9.93. The first-order valence-corrected chi connectivity index (χ1v) is 6.77. The summed E-state index contributed by atoms with van der Waals surface area (Å²) in [6.07, 6.45) is 0.133. The molecular formula is C14H17ClN2O4. The summed E-state index contributed by atoms with van der Waals surface area (Å²) in [5.41, 5.74) is 0.962. The van der Waals surface area contributed by atoms with E-state index in [-0.39, 0.29) is 24.8 Å². The van der Waals surface area contributed by atoms with Gasteiger partial charge in [-0.25, -0.2) is 4.79 Å². The summed E-state index contributed by atoms with van der Waals surface area (Å²) in [6.45, 7) is 1.77. The summed E-state index contributed by atoms with van der Waals surface area (Å²) >= 11 is 5.58. The minimum absolute atomic E-state index is 0.133. The van der Waals surface area contributed by atoms with Gasteiger partial charge in [-0.05, 0) is 31.2 Å². The molecular weight excluding hydrogens is 296 g/mol. The number of hydrogen-bond donors (Lipinski definition) is 2. The summed E-state index contributed by atoms with van der Waals surface area (Å²) in [7, 11) is 1.30. The molecule has 1 aromatic carbocycles. The van der Waals surface area contributed by atoms with E-state index in [2.05, 4.69) is 15.4 Å². The van der Waals surface area contributed by atoms with E-state index in [1.54, 1.807) is 31.2 Å². The van der Waals surface area contributed by atoms with Crippen LogP contribution in [-0.2, 0) is 14.3 Å². The number of carbonyl (C=O) groups excluding carboxylic acids is 3. The van der Waals surface area contributed by atoms with Crippen LogP contribution in [0.25, 0.3) is 0 Å². The lowest BCUT2D eigenvalue weighted by molar-refractivity contribution is -0.120. The third-order valence-corrected chi connectivity index (χ3v) is 2.80. The van der Waals surface area contributed by atoms with E-state index in [0.717, 1.165) is 0 Å². The molecule has 6 nitrogen and oxygen atoms in total. The maximum Gasteiger partial charge on any atom is 0.337 e. The van der Waals surface area contributed by atoms with E-state index < -0.39 is 11.3 Å². The van der Waals surface area contributed by atoms with Gasteiger partial charge in [-0.3, -0.25) is 9.59 Å². The highest BCUT2D eigenvalue weighted by molar-refractivity contribution is 6.30. The van der Waals surface area contributed by atoms with Gasteiger partial charge in [-0.2, -0.15) is 0 Å². The number of amides is 2. The Kier molecular flexibility index (Phi) is 6.68. The summed E-state index contributed by atoms with van der Waals surface area (Å²) in [6, 6.07) is 6.31. The Hall–Kier alpha value is -2.08. The van der Waals surface area contributed by atoms with Gasteiger partial charge >= 0.3 is 5.97 Å². The number of esters is 1. The molecule has 0 saturated carbocycles. The van der Waals surface area contributed by atoms with Gasteiger partial charge in [-0.15, -0.1) is 11.6 Å². The van der Waals surface area contributed by atoms with Crippen molar-refractivity contribution in [1.82, 2.24) is 5.32 Å². The molecule has 0 saturated heterocycles. The molecule has 1 rings (SSSR count). The topological polar surface area (TPSA) is 84.5 Å². The Bertz CT molecular complexity index is 514. The van der Waals surface area contributed by atoms with Crippen LogP contribution in [0.15, 0.2) is 24.3 Å². The molecule has 0 bridgehead atoms. The molecule has 0 spiro atoms. The number of rotatable bonds is 6. The standard InChI is InChI=1S/C14H17ClN2O4/c1-9(15)13(19)16-8-7-12(18)17-11-5-3-10(4-6-11)14(20)21-2/h3-6,9H,7-8H2,1-2H3,(H,16,19)(H,17,18)/t9-/m0/s1. The molecule has 114 valence electrons. The SMILES string of the molecule is COC(=O)c1ccc(NC(=O)CCNC(=O)[C@H](C)Cl)cc1. The molecule has 0 aliphatic heterocycles. The zero-order valence-electron chi connectivity index (χ0n) is 11.8. The van der Waals surface area contributed by atoms with Crippen molar-refractivity contribution in [3.63, 3.8) is 0 Å². The third kappa shape index (κ3) is 5.83. The summed E-state index contributed by atoms with van der Waals surface area (Å²) in [5.74, 6) is -0.999. The van der Waals surface area contributed by atoms with Gasteiger partial charge in [0.25, 0.3) is 0 Å². The van der Waals surface area contributed by atoms with Crippen LogP contribution in [0.2, 0.25) is 0 Å². The maximum absolute atomic E-state index is 11.7. The molecule has 1 atom stereocenters. The number of benzene rings is 1. The molecule has 0 aromatic heterocycles. The molecule has 2 amide bonds. The lowest BCUT2D eigenvalue weighted by Crippen LogP contribution is -2.32. The minimum Gasteiger partial charge on any atom is -0.465 e. The largest absolute Gasteiger partial charge is 0.465 e. The van der Waals surface area contributed by atoms with Crippen LogP contribution in [-0.4, -0.2) is 36.8 Å². The van der Waals surface area contributed by atoms with Crippen LogP contribution in [0.5, 0.6) is 0 Å². The molecule has 0 aliphatic carbocycles. The second-order valence-electron chi connectivity index (χ2n) is 4.27. The highest BCUT2D eigenvalue weighted by Gasteiger charge is 2.09. The molecule has 0 radical (unpaired) electrons. The molecule has 0 heterocycles. The summed E-state index contributed by atoms with van der Waals surface area (Å²) in [5, 5.41) is 4.57. The smallest absolute Gasteiger partial charge is 0.337 e. The van der Waals surface area contributed by atoms with Crippen LogP contribution in [0.4, 0.5) is 5.69 Å². The first kappa shape index (κ1) is 17.0. The number of methoxy groups -OCH3 is 1. The number of anilines is 1. The zero-order valence-corrected chi connectivity index (χ0v) is 12.6. The molecule has 7 heteroatoms. The number of hydrogen-bond acceptors (Lipinski definition) is 4. The van der Waals surface area contributed by atoms with Crippen LogP contribution in [0.3, 0.4) is 0 Å². The maximum atomic E-state index is 11.7. The van der Waals surface area contributed by atoms with E-state index in [1.807, 2.05) is 0 Å². The third-order valence-electron chi connectivity index (χ3n) is 2.60. The van der Waals surface area contributed by atoms with Gasteiger partial charge in [0.05, 0.1) is 12.7 Å². The lowest BCUT2D eigenvalue weighted by Gasteiger charge is -2.08. The van der Waals surface area contributed by atoms with Gasteiger partial charge in [-0.1, -0.05) is 0 Å². The molecule has 1 aromatic rings. The van der Waals surface area contributed by atoms with Crippen molar-refractivity contribution in [2.45, 2.75) is 18.7 Å². The van der Waals surface area contributed by atoms with Crippen molar-refractivity contribution in [2.24, 2.45) is 0 Å². The quantitative estimate of drug-likeness (QED) is 0.616. The summed E-state index contributed by atoms with van der Waals surface area (Å²) < 4.78 is 4.57. The van der Waals surface area contributed by atoms with Crippen molar-refractivity contribution in [3.05, 3.63) is 29.8 Å². The van der Waals surface area contributed by atoms with Gasteiger partial charge in [0.2, 0.25) is 11.8 Å². The molecule has 0 fully saturated rings. The van der Waals surface area contributed by atoms with Crippen LogP contribution in [0.1, 0.15) is 23.7 Å². The number of carbonyl (C=O) groups is 3. The number of ether oxygens (including phenoxy) is 1. The van der Waals surface area contributed by atoms with Gasteiger partial charge < -0.3 is 15.4 Å². The predicted molar refractivity (Wildman–Crippen MR) is 79.4 cm³/mol. The van der Waals surface area contributed by atoms with Crippen molar-refractivity contribution in [2.75, 3.05) is 19.0 Å². The lowest BCUT2D eigenvalue weighted by atomic mass is 10.2. The fourth-order valence-electron chi connectivity index (χ4n) is 1.47. The van der Waals surface area contributed by atoms with E-state index in [1.165, 1.54) is 7.11 Å². The molecule has 0 aliphatic rings. The van der Waals surface area contributed by atoms with Crippen LogP contribution in [0, 0.1) is 0 Å². The normalized spacial score (nSPS) is 11.4. The van der Waals surface area contributed by atoms with E-state index in [0.29, 0.717) is 11.3 Å². The molecule has 21 heavy (non-hydrogen) atoms. The fourth-order valence-corrected chi connectivity index (χ4v) is 1.55. The Balaban J connectivity index is 2.41. The van der Waals surface area contributed by atoms with E-state index >= 15 is 0 Å². The second kappa shape index (κ2) is 8.26. The Morgan fingerprint density at radius 2 is 1.86 bits per heavy atom. The second-order valence-corrected chi connectivity index (χ2v) is 4.93. The van der Waals surface area contributed by atoms with Crippen molar-refractivity contribution in [1.29, 1.82) is 0 Å². The number of halogens is 1. The predicted octanol–water partition coefficient (Wildman–Crippen LogP) is 1.55. The average Bonchev–Trinajstić information content (AvgIpc) is 2.46. The van der Waals surface area contributed by atoms with Gasteiger partial charge in [0.15, 0.2) is 0 Å². The van der Waals surface area contributed by atoms with Crippen molar-refractivity contribution < 1.29 is 19.1 Å². The highest BCUT2D eigenvalue weighted by Crippen LogP contribution is 2.10. The average molecular weight is 313 g/mol. The van der Waals surface area contributed by atoms with Crippen molar-refractivity contribution >= 4 is 35.1 Å². The van der Waals surface area contributed by atoms with E-state index in [9.17, 15) is 14.4 Å². The molecule has 2 N–H and O–H groups in total. The monoisotopic (exact) mass is 312 g/mol. The Labute approximate surface area is 127 Å². The van der Waals surface area contributed by atoms with Crippen LogP contribution >= 0.6 is 11.6 Å². The molecule has 0 unspecified atom stereocenters. The number of alkyl halides is 1. The zero-order chi connectivity index (χ0) is 15.8. The number of nitrogens with one attached hydrogen (secondary N) is 2. The van der Waals surface area contributed by atoms with E-state index in [4.69, 9.17) is 11.6 Å². The highest BCUT2D eigenvalue weighted by atomic mass is 35.5. The minimum atomic E-state index is -0.626. The Morgan fingerprint density at radius 3 is 2.38 bits per heavy atom.